The van der Waals surface area contributed by atoms with E-state index >= 15 is 0 Å². The predicted octanol–water partition coefficient (Wildman–Crippen LogP) is 3.34. The SMILES string of the molecule is CCC1(C)CCN(c2ccc(C(N)=S)cc2)CC1. The van der Waals surface area contributed by atoms with Crippen molar-refractivity contribution in [2.45, 2.75) is 33.1 Å². The Balaban J connectivity index is 2.03. The van der Waals surface area contributed by atoms with Crippen molar-refractivity contribution in [2.75, 3.05) is 18.0 Å². The first kappa shape index (κ1) is 13.3. The maximum absolute atomic E-state index is 5.61. The van der Waals surface area contributed by atoms with E-state index in [1.165, 1.54) is 24.9 Å². The van der Waals surface area contributed by atoms with Crippen molar-refractivity contribution in [3.05, 3.63) is 29.8 Å². The van der Waals surface area contributed by atoms with E-state index in [0.29, 0.717) is 10.4 Å². The lowest BCUT2D eigenvalue weighted by atomic mass is 9.78. The maximum Gasteiger partial charge on any atom is 0.103 e. The van der Waals surface area contributed by atoms with E-state index in [4.69, 9.17) is 18.0 Å². The standard InChI is InChI=1S/C15H22N2S/c1-3-15(2)8-10-17(11-9-15)13-6-4-12(5-7-13)14(16)18/h4-7H,3,8-11H2,1-2H3,(H2,16,18). The number of nitrogens with two attached hydrogens (primary N) is 1. The van der Waals surface area contributed by atoms with E-state index in [2.05, 4.69) is 30.9 Å². The molecule has 0 spiro atoms. The third kappa shape index (κ3) is 2.83. The van der Waals surface area contributed by atoms with Crippen LogP contribution in [0, 0.1) is 5.41 Å². The zero-order valence-corrected chi connectivity index (χ0v) is 12.1. The zero-order valence-electron chi connectivity index (χ0n) is 11.3. The van der Waals surface area contributed by atoms with Gasteiger partial charge in [0.1, 0.15) is 4.99 Å². The van der Waals surface area contributed by atoms with Gasteiger partial charge in [-0.1, -0.05) is 32.5 Å². The van der Waals surface area contributed by atoms with Gasteiger partial charge in [-0.05, 0) is 42.5 Å². The van der Waals surface area contributed by atoms with E-state index in [9.17, 15) is 0 Å². The Morgan fingerprint density at radius 1 is 1.28 bits per heavy atom. The molecule has 1 aromatic rings. The van der Waals surface area contributed by atoms with Gasteiger partial charge in [-0.2, -0.15) is 0 Å². The summed E-state index contributed by atoms with van der Waals surface area (Å²) >= 11 is 4.97. The van der Waals surface area contributed by atoms with Crippen molar-refractivity contribution in [2.24, 2.45) is 11.1 Å². The van der Waals surface area contributed by atoms with Crippen molar-refractivity contribution >= 4 is 22.9 Å². The summed E-state index contributed by atoms with van der Waals surface area (Å²) in [5.41, 5.74) is 8.38. The van der Waals surface area contributed by atoms with Crippen molar-refractivity contribution in [3.63, 3.8) is 0 Å². The lowest BCUT2D eigenvalue weighted by Gasteiger charge is -2.40. The highest BCUT2D eigenvalue weighted by atomic mass is 32.1. The number of benzene rings is 1. The van der Waals surface area contributed by atoms with Gasteiger partial charge in [0.25, 0.3) is 0 Å². The molecule has 0 aliphatic carbocycles. The molecule has 1 aromatic carbocycles. The summed E-state index contributed by atoms with van der Waals surface area (Å²) < 4.78 is 0. The lowest BCUT2D eigenvalue weighted by Crippen LogP contribution is -2.38. The van der Waals surface area contributed by atoms with E-state index in [1.54, 1.807) is 0 Å². The molecule has 0 unspecified atom stereocenters. The van der Waals surface area contributed by atoms with Crippen LogP contribution in [0.2, 0.25) is 0 Å². The molecule has 98 valence electrons. The first-order valence-electron chi connectivity index (χ1n) is 6.69. The van der Waals surface area contributed by atoms with Crippen LogP contribution in [0.15, 0.2) is 24.3 Å². The summed E-state index contributed by atoms with van der Waals surface area (Å²) in [6.07, 6.45) is 3.84. The van der Waals surface area contributed by atoms with Gasteiger partial charge >= 0.3 is 0 Å². The molecule has 2 nitrogen and oxygen atoms in total. The van der Waals surface area contributed by atoms with Gasteiger partial charge in [-0.25, -0.2) is 0 Å². The number of rotatable bonds is 3. The highest BCUT2D eigenvalue weighted by molar-refractivity contribution is 7.80. The second-order valence-electron chi connectivity index (χ2n) is 5.56. The number of thiocarbonyl (C=S) groups is 1. The smallest absolute Gasteiger partial charge is 0.103 e. The molecule has 1 aliphatic heterocycles. The van der Waals surface area contributed by atoms with Crippen LogP contribution in [0.1, 0.15) is 38.7 Å². The van der Waals surface area contributed by atoms with E-state index in [1.807, 2.05) is 12.1 Å². The Labute approximate surface area is 115 Å². The summed E-state index contributed by atoms with van der Waals surface area (Å²) in [4.78, 5) is 2.93. The Morgan fingerprint density at radius 3 is 2.28 bits per heavy atom. The van der Waals surface area contributed by atoms with E-state index in [0.717, 1.165) is 18.7 Å². The third-order valence-corrected chi connectivity index (χ3v) is 4.58. The van der Waals surface area contributed by atoms with Gasteiger partial charge in [0, 0.05) is 24.3 Å². The van der Waals surface area contributed by atoms with Gasteiger partial charge < -0.3 is 10.6 Å². The lowest BCUT2D eigenvalue weighted by molar-refractivity contribution is 0.238. The van der Waals surface area contributed by atoms with E-state index < -0.39 is 0 Å². The summed E-state index contributed by atoms with van der Waals surface area (Å²) in [7, 11) is 0. The molecular weight excluding hydrogens is 240 g/mol. The average molecular weight is 262 g/mol. The molecule has 0 bridgehead atoms. The van der Waals surface area contributed by atoms with Crippen LogP contribution >= 0.6 is 12.2 Å². The molecular formula is C15H22N2S. The number of piperidine rings is 1. The Hall–Kier alpha value is -1.09. The Morgan fingerprint density at radius 2 is 1.83 bits per heavy atom. The van der Waals surface area contributed by atoms with Crippen LogP contribution in [0.4, 0.5) is 5.69 Å². The topological polar surface area (TPSA) is 29.3 Å². The van der Waals surface area contributed by atoms with Gasteiger partial charge in [-0.3, -0.25) is 0 Å². The van der Waals surface area contributed by atoms with E-state index in [-0.39, 0.29) is 0 Å². The zero-order chi connectivity index (χ0) is 13.2. The minimum atomic E-state index is 0.471. The largest absolute Gasteiger partial charge is 0.389 e. The average Bonchev–Trinajstić information content (AvgIpc) is 2.40. The van der Waals surface area contributed by atoms with Gasteiger partial charge in [-0.15, -0.1) is 0 Å². The molecule has 3 heteroatoms. The molecule has 1 aliphatic rings. The van der Waals surface area contributed by atoms with Gasteiger partial charge in [0.2, 0.25) is 0 Å². The molecule has 1 fully saturated rings. The molecule has 0 amide bonds. The van der Waals surface area contributed by atoms with Gasteiger partial charge in [0.15, 0.2) is 0 Å². The fraction of sp³-hybridized carbons (Fsp3) is 0.533. The highest BCUT2D eigenvalue weighted by Gasteiger charge is 2.28. The predicted molar refractivity (Wildman–Crippen MR) is 82.2 cm³/mol. The third-order valence-electron chi connectivity index (χ3n) is 4.34. The quantitative estimate of drug-likeness (QED) is 0.847. The number of hydrogen-bond acceptors (Lipinski definition) is 2. The minimum absolute atomic E-state index is 0.471. The second-order valence-corrected chi connectivity index (χ2v) is 6.00. The monoisotopic (exact) mass is 262 g/mol. The Bertz CT molecular complexity index is 417. The van der Waals surface area contributed by atoms with Crippen LogP contribution in [0.3, 0.4) is 0 Å². The Kier molecular flexibility index (Phi) is 3.91. The number of nitrogens with zero attached hydrogens (tertiary/aromatic N) is 1. The van der Waals surface area contributed by atoms with Crippen LogP contribution in [0.5, 0.6) is 0 Å². The van der Waals surface area contributed by atoms with Crippen LogP contribution in [0.25, 0.3) is 0 Å². The maximum atomic E-state index is 5.61. The van der Waals surface area contributed by atoms with Crippen molar-refractivity contribution < 1.29 is 0 Å². The summed E-state index contributed by atoms with van der Waals surface area (Å²) in [5.74, 6) is 0. The fourth-order valence-corrected chi connectivity index (χ4v) is 2.63. The molecule has 1 heterocycles. The van der Waals surface area contributed by atoms with Crippen molar-refractivity contribution in [3.8, 4) is 0 Å². The van der Waals surface area contributed by atoms with Gasteiger partial charge in [0.05, 0.1) is 0 Å². The van der Waals surface area contributed by atoms with Crippen LogP contribution < -0.4 is 10.6 Å². The van der Waals surface area contributed by atoms with Crippen LogP contribution in [-0.4, -0.2) is 18.1 Å². The van der Waals surface area contributed by atoms with Crippen molar-refractivity contribution in [1.82, 2.24) is 0 Å². The summed E-state index contributed by atoms with van der Waals surface area (Å²) in [6, 6.07) is 8.29. The molecule has 0 radical (unpaired) electrons. The first-order valence-corrected chi connectivity index (χ1v) is 7.10. The fourth-order valence-electron chi connectivity index (χ4n) is 2.49. The molecule has 0 saturated carbocycles. The molecule has 18 heavy (non-hydrogen) atoms. The molecule has 0 aromatic heterocycles. The second kappa shape index (κ2) is 5.27. The van der Waals surface area contributed by atoms with Crippen LogP contribution in [-0.2, 0) is 0 Å². The molecule has 1 saturated heterocycles. The molecule has 0 atom stereocenters. The summed E-state index contributed by atoms with van der Waals surface area (Å²) in [5, 5.41) is 0. The minimum Gasteiger partial charge on any atom is -0.389 e. The van der Waals surface area contributed by atoms with Crippen molar-refractivity contribution in [1.29, 1.82) is 0 Å². The highest BCUT2D eigenvalue weighted by Crippen LogP contribution is 2.35. The number of hydrogen-bond donors (Lipinski definition) is 1. The first-order chi connectivity index (χ1) is 8.54. The number of anilines is 1. The normalized spacial score (nSPS) is 18.7. The molecule has 2 N–H and O–H groups in total. The molecule has 2 rings (SSSR count). The summed E-state index contributed by atoms with van der Waals surface area (Å²) in [6.45, 7) is 7.00.